The van der Waals surface area contributed by atoms with E-state index in [-0.39, 0.29) is 26.8 Å². The molecule has 0 saturated carbocycles. The van der Waals surface area contributed by atoms with Crippen molar-refractivity contribution >= 4 is 36.0 Å². The van der Waals surface area contributed by atoms with Gasteiger partial charge in [-0.1, -0.05) is 37.4 Å². The first-order chi connectivity index (χ1) is 21.3. The lowest BCUT2D eigenvalue weighted by Gasteiger charge is -2.16. The molecule has 2 fully saturated rings. The van der Waals surface area contributed by atoms with Crippen LogP contribution < -0.4 is 9.47 Å². The lowest BCUT2D eigenvalue weighted by molar-refractivity contribution is -0.149. The van der Waals surface area contributed by atoms with Crippen LogP contribution in [0.4, 0.5) is 0 Å². The van der Waals surface area contributed by atoms with Gasteiger partial charge < -0.3 is 37.9 Å². The zero-order chi connectivity index (χ0) is 31.3. The number of carbonyl (C=O) groups excluding carboxylic acids is 4. The van der Waals surface area contributed by atoms with Crippen molar-refractivity contribution in [3.63, 3.8) is 0 Å². The standard InChI is InChI=1S/C32H30O12/c1-3-27(33)41-19-39-23-11-5-21(6-12-23)9-15-29(35)43-25-17-37-32-26(18-38-31(25)32)44-30(36)16-10-22-7-13-24(14-8-22)40-20-42-28(34)4-2/h3-16,25-26,31-32H,1-2,17-20H2/b15-9+,16-10+. The second kappa shape index (κ2) is 15.9. The molecular weight excluding hydrogens is 576 g/mol. The van der Waals surface area contributed by atoms with Crippen molar-refractivity contribution in [2.24, 2.45) is 0 Å². The van der Waals surface area contributed by atoms with Crippen molar-refractivity contribution in [1.82, 2.24) is 0 Å². The van der Waals surface area contributed by atoms with Gasteiger partial charge in [0, 0.05) is 24.3 Å². The molecule has 0 amide bonds. The Labute approximate surface area is 253 Å². The molecule has 44 heavy (non-hydrogen) atoms. The number of benzene rings is 2. The Bertz CT molecular complexity index is 1290. The molecule has 2 aliphatic heterocycles. The Balaban J connectivity index is 1.18. The summed E-state index contributed by atoms with van der Waals surface area (Å²) in [6.07, 6.45) is 5.32. The number of fused-ring (bicyclic) bond motifs is 1. The highest BCUT2D eigenvalue weighted by molar-refractivity contribution is 5.88. The molecule has 0 N–H and O–H groups in total. The van der Waals surface area contributed by atoms with Gasteiger partial charge in [0.05, 0.1) is 13.2 Å². The van der Waals surface area contributed by atoms with E-state index in [1.54, 1.807) is 60.7 Å². The van der Waals surface area contributed by atoms with E-state index in [9.17, 15) is 19.2 Å². The number of rotatable bonds is 14. The van der Waals surface area contributed by atoms with E-state index in [1.807, 2.05) is 0 Å². The Kier molecular flexibility index (Phi) is 11.4. The van der Waals surface area contributed by atoms with E-state index in [2.05, 4.69) is 13.2 Å². The monoisotopic (exact) mass is 606 g/mol. The van der Waals surface area contributed by atoms with Crippen LogP contribution in [0.1, 0.15) is 11.1 Å². The molecule has 2 saturated heterocycles. The molecule has 2 aliphatic rings. The van der Waals surface area contributed by atoms with Gasteiger partial charge in [0.1, 0.15) is 23.7 Å². The first kappa shape index (κ1) is 31.7. The molecule has 12 nitrogen and oxygen atoms in total. The summed E-state index contributed by atoms with van der Waals surface area (Å²) >= 11 is 0. The van der Waals surface area contributed by atoms with Gasteiger partial charge in [0.2, 0.25) is 13.6 Å². The molecule has 0 spiro atoms. The first-order valence-electron chi connectivity index (χ1n) is 13.4. The third-order valence-electron chi connectivity index (χ3n) is 6.27. The van der Waals surface area contributed by atoms with Crippen LogP contribution in [-0.4, -0.2) is 75.1 Å². The average molecular weight is 607 g/mol. The summed E-state index contributed by atoms with van der Waals surface area (Å²) in [5.74, 6) is -1.39. The number of hydrogen-bond acceptors (Lipinski definition) is 12. The zero-order valence-electron chi connectivity index (χ0n) is 23.5. The van der Waals surface area contributed by atoms with Crippen LogP contribution in [0.25, 0.3) is 12.2 Å². The fraction of sp³-hybridized carbons (Fsp3) is 0.250. The van der Waals surface area contributed by atoms with E-state index >= 15 is 0 Å². The van der Waals surface area contributed by atoms with E-state index in [4.69, 9.17) is 37.9 Å². The van der Waals surface area contributed by atoms with E-state index in [0.717, 1.165) is 12.2 Å². The maximum Gasteiger partial charge on any atom is 0.333 e. The molecule has 0 bridgehead atoms. The van der Waals surface area contributed by atoms with Gasteiger partial charge in [-0.3, -0.25) is 0 Å². The van der Waals surface area contributed by atoms with Gasteiger partial charge >= 0.3 is 23.9 Å². The predicted octanol–water partition coefficient (Wildman–Crippen LogP) is 3.17. The van der Waals surface area contributed by atoms with Gasteiger partial charge in [-0.15, -0.1) is 0 Å². The summed E-state index contributed by atoms with van der Waals surface area (Å²) in [7, 11) is 0. The highest BCUT2D eigenvalue weighted by Crippen LogP contribution is 2.31. The molecule has 12 heteroatoms. The quantitative estimate of drug-likeness (QED) is 0.135. The lowest BCUT2D eigenvalue weighted by atomic mass is 10.1. The van der Waals surface area contributed by atoms with Crippen LogP contribution in [0.2, 0.25) is 0 Å². The topological polar surface area (TPSA) is 142 Å². The molecule has 2 aromatic carbocycles. The summed E-state index contributed by atoms with van der Waals surface area (Å²) in [6.45, 7) is 6.30. The van der Waals surface area contributed by atoms with Crippen LogP contribution in [0.15, 0.2) is 86.0 Å². The first-order valence-corrected chi connectivity index (χ1v) is 13.4. The second-order valence-electron chi connectivity index (χ2n) is 9.21. The van der Waals surface area contributed by atoms with Gasteiger partial charge in [0.15, 0.2) is 12.2 Å². The second-order valence-corrected chi connectivity index (χ2v) is 9.21. The number of ether oxygens (including phenoxy) is 8. The smallest absolute Gasteiger partial charge is 0.333 e. The van der Waals surface area contributed by atoms with Crippen LogP contribution in [0.5, 0.6) is 11.5 Å². The normalized spacial score (nSPS) is 20.5. The molecule has 230 valence electrons. The van der Waals surface area contributed by atoms with Crippen LogP contribution in [0, 0.1) is 0 Å². The largest absolute Gasteiger partial charge is 0.457 e. The highest BCUT2D eigenvalue weighted by atomic mass is 16.7. The summed E-state index contributed by atoms with van der Waals surface area (Å²) in [5.41, 5.74) is 1.43. The maximum atomic E-state index is 12.4. The Hall–Kier alpha value is -5.20. The van der Waals surface area contributed by atoms with E-state index in [0.29, 0.717) is 22.6 Å². The fourth-order valence-electron chi connectivity index (χ4n) is 4.12. The SMILES string of the molecule is C=CC(=O)OCOc1ccc(/C=C/C(=O)OC2COC3C(OC(=O)/C=C/c4ccc(OCOC(=O)C=C)cc4)COC23)cc1. The minimum Gasteiger partial charge on any atom is -0.457 e. The van der Waals surface area contributed by atoms with Crippen molar-refractivity contribution in [2.75, 3.05) is 26.8 Å². The summed E-state index contributed by atoms with van der Waals surface area (Å²) < 4.78 is 42.6. The Morgan fingerprint density at radius 3 is 1.39 bits per heavy atom. The summed E-state index contributed by atoms with van der Waals surface area (Å²) in [6, 6.07) is 13.5. The van der Waals surface area contributed by atoms with Crippen molar-refractivity contribution < 1.29 is 57.1 Å². The predicted molar refractivity (Wildman–Crippen MR) is 154 cm³/mol. The average Bonchev–Trinajstić information content (AvgIpc) is 3.62. The lowest BCUT2D eigenvalue weighted by Crippen LogP contribution is -2.35. The van der Waals surface area contributed by atoms with E-state index in [1.165, 1.54) is 12.2 Å². The van der Waals surface area contributed by atoms with Crippen LogP contribution >= 0.6 is 0 Å². The van der Waals surface area contributed by atoms with Gasteiger partial charge in [-0.2, -0.15) is 0 Å². The van der Waals surface area contributed by atoms with Crippen LogP contribution in [0.3, 0.4) is 0 Å². The van der Waals surface area contributed by atoms with Crippen molar-refractivity contribution in [3.8, 4) is 11.5 Å². The minimum atomic E-state index is -0.661. The maximum absolute atomic E-state index is 12.4. The zero-order valence-corrected chi connectivity index (χ0v) is 23.5. The summed E-state index contributed by atoms with van der Waals surface area (Å²) in [5, 5.41) is 0. The van der Waals surface area contributed by atoms with Gasteiger partial charge in [-0.05, 0) is 47.5 Å². The van der Waals surface area contributed by atoms with Gasteiger partial charge in [0.25, 0.3) is 0 Å². The Morgan fingerprint density at radius 2 is 1.02 bits per heavy atom. The molecule has 0 aliphatic carbocycles. The van der Waals surface area contributed by atoms with Crippen molar-refractivity contribution in [3.05, 3.63) is 97.1 Å². The number of carbonyl (C=O) groups is 4. The Morgan fingerprint density at radius 1 is 0.636 bits per heavy atom. The molecule has 0 radical (unpaired) electrons. The fourth-order valence-corrected chi connectivity index (χ4v) is 4.12. The number of hydrogen-bond donors (Lipinski definition) is 0. The number of esters is 4. The van der Waals surface area contributed by atoms with E-state index < -0.39 is 48.3 Å². The molecule has 4 atom stereocenters. The van der Waals surface area contributed by atoms with Gasteiger partial charge in [-0.25, -0.2) is 19.2 Å². The molecule has 4 unspecified atom stereocenters. The van der Waals surface area contributed by atoms with Crippen molar-refractivity contribution in [1.29, 1.82) is 0 Å². The summed E-state index contributed by atoms with van der Waals surface area (Å²) in [4.78, 5) is 46.9. The molecule has 4 rings (SSSR count). The third kappa shape index (κ3) is 9.41. The minimum absolute atomic E-state index is 0.0997. The highest BCUT2D eigenvalue weighted by Gasteiger charge is 2.51. The van der Waals surface area contributed by atoms with Crippen molar-refractivity contribution in [2.45, 2.75) is 24.4 Å². The molecule has 2 aromatic rings. The third-order valence-corrected chi connectivity index (χ3v) is 6.27. The molecule has 2 heterocycles. The molecule has 0 aromatic heterocycles. The molecular formula is C32H30O12. The van der Waals surface area contributed by atoms with Crippen LogP contribution in [-0.2, 0) is 47.6 Å².